The molecule has 0 bridgehead atoms. The number of nitrogens with zero attached hydrogens (tertiary/aromatic N) is 1. The summed E-state index contributed by atoms with van der Waals surface area (Å²) in [5.41, 5.74) is 1.32. The smallest absolute Gasteiger partial charge is 0.221 e. The van der Waals surface area contributed by atoms with Gasteiger partial charge in [0.1, 0.15) is 0 Å². The van der Waals surface area contributed by atoms with Crippen molar-refractivity contribution >= 4 is 17.2 Å². The van der Waals surface area contributed by atoms with E-state index in [-0.39, 0.29) is 5.91 Å². The molecule has 0 aliphatic carbocycles. The molecule has 2 aromatic heterocycles. The maximum atomic E-state index is 11.6. The zero-order valence-corrected chi connectivity index (χ0v) is 11.4. The van der Waals surface area contributed by atoms with Crippen molar-refractivity contribution < 1.29 is 4.79 Å². The summed E-state index contributed by atoms with van der Waals surface area (Å²) >= 11 is 1.76. The van der Waals surface area contributed by atoms with E-state index in [9.17, 15) is 4.79 Å². The minimum absolute atomic E-state index is 0.123. The molecule has 0 saturated heterocycles. The molecule has 0 aromatic carbocycles. The molecule has 0 spiro atoms. The van der Waals surface area contributed by atoms with Crippen LogP contribution in [0.1, 0.15) is 16.9 Å². The van der Waals surface area contributed by atoms with Crippen molar-refractivity contribution in [3.05, 3.63) is 46.4 Å². The summed E-state index contributed by atoms with van der Waals surface area (Å²) < 4.78 is 2.02. The number of aryl methyl sites for hydroxylation is 2. The van der Waals surface area contributed by atoms with Crippen molar-refractivity contribution in [1.82, 2.24) is 9.88 Å². The Morgan fingerprint density at radius 2 is 2.17 bits per heavy atom. The van der Waals surface area contributed by atoms with Gasteiger partial charge in [-0.2, -0.15) is 0 Å². The van der Waals surface area contributed by atoms with Crippen LogP contribution in [0.15, 0.2) is 36.0 Å². The second-order valence-corrected chi connectivity index (χ2v) is 5.30. The lowest BCUT2D eigenvalue weighted by Crippen LogP contribution is -2.26. The van der Waals surface area contributed by atoms with Crippen molar-refractivity contribution in [3.8, 4) is 0 Å². The van der Waals surface area contributed by atoms with E-state index >= 15 is 0 Å². The van der Waals surface area contributed by atoms with E-state index < -0.39 is 0 Å². The molecular weight excluding hydrogens is 244 g/mol. The van der Waals surface area contributed by atoms with Crippen LogP contribution >= 0.6 is 11.3 Å². The van der Waals surface area contributed by atoms with Crippen LogP contribution in [0.4, 0.5) is 0 Å². The van der Waals surface area contributed by atoms with Gasteiger partial charge < -0.3 is 9.88 Å². The number of hydrogen-bond acceptors (Lipinski definition) is 2. The molecule has 4 heteroatoms. The Hall–Kier alpha value is -1.55. The summed E-state index contributed by atoms with van der Waals surface area (Å²) in [5, 5.41) is 5.06. The molecule has 0 radical (unpaired) electrons. The molecule has 2 rings (SSSR count). The molecule has 1 N–H and O–H groups in total. The van der Waals surface area contributed by atoms with Gasteiger partial charge in [-0.1, -0.05) is 0 Å². The number of rotatable bonds is 6. The molecule has 1 amide bonds. The predicted octanol–water partition coefficient (Wildman–Crippen LogP) is 2.61. The molecule has 18 heavy (non-hydrogen) atoms. The third-order valence-electron chi connectivity index (χ3n) is 2.91. The topological polar surface area (TPSA) is 34.0 Å². The first-order valence-corrected chi connectivity index (χ1v) is 7.04. The maximum absolute atomic E-state index is 11.6. The van der Waals surface area contributed by atoms with E-state index in [0.29, 0.717) is 6.42 Å². The zero-order valence-electron chi connectivity index (χ0n) is 10.6. The van der Waals surface area contributed by atoms with Gasteiger partial charge in [0.15, 0.2) is 0 Å². The summed E-state index contributed by atoms with van der Waals surface area (Å²) in [7, 11) is 0. The Morgan fingerprint density at radius 3 is 2.83 bits per heavy atom. The molecule has 2 aromatic rings. The summed E-state index contributed by atoms with van der Waals surface area (Å²) in [6.45, 7) is 3.59. The van der Waals surface area contributed by atoms with Crippen molar-refractivity contribution in [2.45, 2.75) is 26.3 Å². The minimum Gasteiger partial charge on any atom is -0.356 e. The molecule has 2 heterocycles. The predicted molar refractivity (Wildman–Crippen MR) is 74.8 cm³/mol. The van der Waals surface area contributed by atoms with Crippen molar-refractivity contribution in [3.63, 3.8) is 0 Å². The lowest BCUT2D eigenvalue weighted by molar-refractivity contribution is -0.121. The molecule has 3 nitrogen and oxygen atoms in total. The monoisotopic (exact) mass is 262 g/mol. The summed E-state index contributed by atoms with van der Waals surface area (Å²) in [6, 6.07) is 6.06. The van der Waals surface area contributed by atoms with E-state index in [0.717, 1.165) is 19.5 Å². The summed E-state index contributed by atoms with van der Waals surface area (Å²) in [4.78, 5) is 13.0. The van der Waals surface area contributed by atoms with E-state index in [1.54, 1.807) is 11.3 Å². The molecule has 0 aliphatic heterocycles. The lowest BCUT2D eigenvalue weighted by Gasteiger charge is -2.05. The fourth-order valence-electron chi connectivity index (χ4n) is 1.81. The van der Waals surface area contributed by atoms with Gasteiger partial charge in [-0.25, -0.2) is 0 Å². The van der Waals surface area contributed by atoms with Gasteiger partial charge in [0.2, 0.25) is 5.91 Å². The number of thiophene rings is 1. The Morgan fingerprint density at radius 1 is 1.39 bits per heavy atom. The van der Waals surface area contributed by atoms with E-state index in [4.69, 9.17) is 0 Å². The van der Waals surface area contributed by atoms with Gasteiger partial charge in [-0.15, -0.1) is 11.3 Å². The minimum atomic E-state index is 0.123. The normalized spacial score (nSPS) is 10.5. The largest absolute Gasteiger partial charge is 0.356 e. The van der Waals surface area contributed by atoms with Crippen LogP contribution in [0.25, 0.3) is 0 Å². The van der Waals surface area contributed by atoms with Crippen molar-refractivity contribution in [2.24, 2.45) is 0 Å². The lowest BCUT2D eigenvalue weighted by atomic mass is 10.2. The SMILES string of the molecule is Cc1ccsc1CCNC(=O)CCn1cccc1. The van der Waals surface area contributed by atoms with Crippen LogP contribution in [0.3, 0.4) is 0 Å². The van der Waals surface area contributed by atoms with Crippen LogP contribution in [0.2, 0.25) is 0 Å². The number of aromatic nitrogens is 1. The molecule has 0 atom stereocenters. The standard InChI is InChI=1S/C14H18N2OS/c1-12-6-11-18-13(12)4-7-15-14(17)5-10-16-8-2-3-9-16/h2-3,6,8-9,11H,4-5,7,10H2,1H3,(H,15,17). The van der Waals surface area contributed by atoms with Crippen LogP contribution in [0.5, 0.6) is 0 Å². The highest BCUT2D eigenvalue weighted by Gasteiger charge is 2.03. The molecule has 96 valence electrons. The van der Waals surface area contributed by atoms with Crippen LogP contribution in [-0.4, -0.2) is 17.0 Å². The Bertz CT molecular complexity index is 488. The molecular formula is C14H18N2OS. The summed E-state index contributed by atoms with van der Waals surface area (Å²) in [5.74, 6) is 0.123. The number of carbonyl (C=O) groups excluding carboxylic acids is 1. The van der Waals surface area contributed by atoms with Gasteiger partial charge in [0.05, 0.1) is 0 Å². The third-order valence-corrected chi connectivity index (χ3v) is 3.99. The molecule has 0 aliphatic rings. The van der Waals surface area contributed by atoms with Gasteiger partial charge in [-0.05, 0) is 42.5 Å². The first kappa shape index (κ1) is 12.9. The number of nitrogens with one attached hydrogen (secondary N) is 1. The van der Waals surface area contributed by atoms with Crippen LogP contribution in [0, 0.1) is 6.92 Å². The fraction of sp³-hybridized carbons (Fsp3) is 0.357. The fourth-order valence-corrected chi connectivity index (χ4v) is 2.72. The average Bonchev–Trinajstić information content (AvgIpc) is 2.99. The third kappa shape index (κ3) is 3.74. The second kappa shape index (κ2) is 6.40. The van der Waals surface area contributed by atoms with Gasteiger partial charge in [0, 0.05) is 36.8 Å². The highest BCUT2D eigenvalue weighted by molar-refractivity contribution is 7.10. The highest BCUT2D eigenvalue weighted by Crippen LogP contribution is 2.15. The van der Waals surface area contributed by atoms with E-state index in [1.165, 1.54) is 10.4 Å². The van der Waals surface area contributed by atoms with Crippen LogP contribution < -0.4 is 5.32 Å². The second-order valence-electron chi connectivity index (χ2n) is 4.30. The average molecular weight is 262 g/mol. The number of hydrogen-bond donors (Lipinski definition) is 1. The van der Waals surface area contributed by atoms with Gasteiger partial charge in [0.25, 0.3) is 0 Å². The number of carbonyl (C=O) groups is 1. The Labute approximate surface area is 111 Å². The van der Waals surface area contributed by atoms with Crippen LogP contribution in [-0.2, 0) is 17.8 Å². The molecule has 0 unspecified atom stereocenters. The number of amides is 1. The first-order valence-electron chi connectivity index (χ1n) is 6.16. The van der Waals surface area contributed by atoms with E-state index in [2.05, 4.69) is 23.7 Å². The van der Waals surface area contributed by atoms with E-state index in [1.807, 2.05) is 29.1 Å². The Balaban J connectivity index is 1.65. The van der Waals surface area contributed by atoms with Gasteiger partial charge in [-0.3, -0.25) is 4.79 Å². The van der Waals surface area contributed by atoms with Crippen molar-refractivity contribution in [1.29, 1.82) is 0 Å². The van der Waals surface area contributed by atoms with Gasteiger partial charge >= 0.3 is 0 Å². The first-order chi connectivity index (χ1) is 8.75. The van der Waals surface area contributed by atoms with Crippen molar-refractivity contribution in [2.75, 3.05) is 6.54 Å². The quantitative estimate of drug-likeness (QED) is 0.853. The highest BCUT2D eigenvalue weighted by atomic mass is 32.1. The molecule has 0 saturated carbocycles. The zero-order chi connectivity index (χ0) is 12.8. The Kier molecular flexibility index (Phi) is 4.59. The summed E-state index contributed by atoms with van der Waals surface area (Å²) in [6.07, 6.45) is 5.42. The molecule has 0 fully saturated rings. The maximum Gasteiger partial charge on any atom is 0.221 e.